The molecule has 0 N–H and O–H groups in total. The van der Waals surface area contributed by atoms with E-state index in [0.717, 1.165) is 16.0 Å². The molecule has 0 radical (unpaired) electrons. The van der Waals surface area contributed by atoms with Crippen LogP contribution in [0, 0.1) is 6.57 Å². The van der Waals surface area contributed by atoms with Gasteiger partial charge in [0.05, 0.1) is 35.0 Å². The Kier molecular flexibility index (Phi) is 11.5. The van der Waals surface area contributed by atoms with Gasteiger partial charge in [0.1, 0.15) is 5.60 Å². The average molecular weight is 963 g/mol. The van der Waals surface area contributed by atoms with E-state index in [1.165, 1.54) is 76.4 Å². The Morgan fingerprint density at radius 1 is 0.678 bits per heavy atom. The summed E-state index contributed by atoms with van der Waals surface area (Å²) < 4.78 is 6.59. The van der Waals surface area contributed by atoms with Gasteiger partial charge in [-0.05, 0) is 118 Å². The molecule has 0 aromatic carbocycles. The van der Waals surface area contributed by atoms with Gasteiger partial charge in [-0.15, -0.1) is 68.0 Å². The lowest BCUT2D eigenvalue weighted by Crippen LogP contribution is -2.24. The lowest BCUT2D eigenvalue weighted by Gasteiger charge is -2.19. The number of fused-ring (bicyclic) bond motifs is 9. The Balaban J connectivity index is 0.000000142. The molecule has 0 bridgehead atoms. The Labute approximate surface area is 380 Å². The van der Waals surface area contributed by atoms with E-state index < -0.39 is 11.6 Å². The fourth-order valence-corrected chi connectivity index (χ4v) is 15.9. The first-order valence-corrected chi connectivity index (χ1v) is 24.8. The molecule has 3 aliphatic rings. The summed E-state index contributed by atoms with van der Waals surface area (Å²) in [5.41, 5.74) is 7.84. The van der Waals surface area contributed by atoms with Crippen LogP contribution in [-0.2, 0) is 25.8 Å². The zero-order chi connectivity index (χ0) is 43.1. The maximum Gasteiger partial charge on any atom is 0.336 e. The van der Waals surface area contributed by atoms with Crippen LogP contribution in [0.1, 0.15) is 110 Å². The van der Waals surface area contributed by atoms with E-state index in [1.54, 1.807) is 60.9 Å². The van der Waals surface area contributed by atoms with Crippen LogP contribution in [0.25, 0.3) is 40.2 Å². The van der Waals surface area contributed by atoms with E-state index in [-0.39, 0.29) is 21.9 Å². The van der Waals surface area contributed by atoms with E-state index in [2.05, 4.69) is 142 Å². The van der Waals surface area contributed by atoms with Gasteiger partial charge in [-0.3, -0.25) is 9.59 Å². The number of hydrogen-bond donors (Lipinski definition) is 0. The molecular weight excluding hydrogens is 915 g/mol. The van der Waals surface area contributed by atoms with Crippen molar-refractivity contribution >= 4 is 112 Å². The first-order chi connectivity index (χ1) is 27.5. The molecule has 3 aliphatic carbocycles. The summed E-state index contributed by atoms with van der Waals surface area (Å²) in [7, 11) is 8.25. The number of carbonyl (C=O) groups excluding carboxylic acids is 2. The Morgan fingerprint density at radius 3 is 1.61 bits per heavy atom. The van der Waals surface area contributed by atoms with Gasteiger partial charge < -0.3 is 14.5 Å². The molecule has 0 saturated heterocycles. The number of nitrogens with zero attached hydrogens (tertiary/aromatic N) is 3. The normalized spacial score (nSPS) is 15.6. The van der Waals surface area contributed by atoms with Crippen LogP contribution < -0.4 is 9.80 Å². The molecule has 0 spiro atoms. The Bertz CT molecular complexity index is 2690. The van der Waals surface area contributed by atoms with Crippen LogP contribution in [0.4, 0.5) is 10.0 Å². The van der Waals surface area contributed by atoms with E-state index in [1.807, 2.05) is 34.0 Å². The van der Waals surface area contributed by atoms with Gasteiger partial charge in [0.25, 0.3) is 5.70 Å². The molecule has 6 heterocycles. The van der Waals surface area contributed by atoms with Crippen molar-refractivity contribution in [2.24, 2.45) is 0 Å². The van der Waals surface area contributed by atoms with Gasteiger partial charge in [-0.1, -0.05) is 41.5 Å². The zero-order valence-corrected chi connectivity index (χ0v) is 42.1. The van der Waals surface area contributed by atoms with Crippen LogP contribution in [0.3, 0.4) is 0 Å². The van der Waals surface area contributed by atoms with Gasteiger partial charge in [-0.2, -0.15) is 0 Å². The van der Waals surface area contributed by atoms with Crippen molar-refractivity contribution in [1.29, 1.82) is 0 Å². The summed E-state index contributed by atoms with van der Waals surface area (Å²) in [4.78, 5) is 40.8. The molecule has 59 heavy (non-hydrogen) atoms. The second-order valence-electron chi connectivity index (χ2n) is 17.8. The van der Waals surface area contributed by atoms with Gasteiger partial charge in [0, 0.05) is 68.8 Å². The molecule has 9 rings (SSSR count). The number of hydrogen-bond acceptors (Lipinski definition) is 11. The van der Waals surface area contributed by atoms with Crippen LogP contribution in [0.15, 0.2) is 51.3 Å². The molecule has 0 aliphatic heterocycles. The molecule has 13 heteroatoms. The second kappa shape index (κ2) is 15.5. The van der Waals surface area contributed by atoms with Gasteiger partial charge in [-0.25, -0.2) is 4.85 Å². The highest BCUT2D eigenvalue weighted by Gasteiger charge is 2.41. The number of carbonyl (C=O) groups is 2. The molecule has 6 aromatic rings. The topological polar surface area (TPSA) is 54.2 Å². The summed E-state index contributed by atoms with van der Waals surface area (Å²) in [5.74, 6) is -0.572. The average Bonchev–Trinajstić information content (AvgIpc) is 3.99. The number of thiophene rings is 6. The van der Waals surface area contributed by atoms with Crippen LogP contribution in [0.5, 0.6) is 0 Å². The largest absolute Gasteiger partial charge is 0.465 e. The first-order valence-electron chi connectivity index (χ1n) is 19.1. The van der Waals surface area contributed by atoms with Crippen molar-refractivity contribution in [1.82, 2.24) is 0 Å². The summed E-state index contributed by atoms with van der Waals surface area (Å²) in [6.07, 6.45) is 2.61. The van der Waals surface area contributed by atoms with Crippen LogP contribution >= 0.6 is 84.0 Å². The highest BCUT2D eigenvalue weighted by atomic mass is 79.9. The third-order valence-corrected chi connectivity index (χ3v) is 18.8. The highest BCUT2D eigenvalue weighted by Crippen LogP contribution is 2.59. The zero-order valence-electron chi connectivity index (χ0n) is 35.6. The summed E-state index contributed by atoms with van der Waals surface area (Å²) in [5, 5.41) is 4.71. The predicted molar refractivity (Wildman–Crippen MR) is 261 cm³/mol. The summed E-state index contributed by atoms with van der Waals surface area (Å²) in [6.45, 7) is 26.3. The standard InChI is InChI=1S/C21H24N2O2S2.C14H15NOS2.C11H9BrS2/c1-20(2,3)25-19(24)15(22-6)10-12-9-13-17(26-12)18-14(21(13,4)5)11-16(27-18)23(7)8;1-14(2)9-5-8(7-16)17-12(9)13-10(14)6-11(18-13)15(3)4;1-11(2)6-3-4-13-9(6)10-7(11)5-8(12)14-10/h9-11H,1-5,7-8H3;5-7H,1-4H3;3-5H,1-2H3/b15-10-;;. The van der Waals surface area contributed by atoms with Crippen molar-refractivity contribution in [2.75, 3.05) is 38.0 Å². The van der Waals surface area contributed by atoms with Gasteiger partial charge >= 0.3 is 5.97 Å². The first kappa shape index (κ1) is 43.7. The molecule has 0 atom stereocenters. The molecule has 6 nitrogen and oxygen atoms in total. The Hall–Kier alpha value is -3.35. The monoisotopic (exact) mass is 961 g/mol. The number of anilines is 2. The molecule has 0 amide bonds. The van der Waals surface area contributed by atoms with Gasteiger partial charge in [0.2, 0.25) is 0 Å². The molecule has 0 saturated carbocycles. The highest BCUT2D eigenvalue weighted by molar-refractivity contribution is 9.11. The third-order valence-electron chi connectivity index (χ3n) is 11.0. The molecule has 0 unspecified atom stereocenters. The smallest absolute Gasteiger partial charge is 0.336 e. The fourth-order valence-electron chi connectivity index (χ4n) is 7.69. The summed E-state index contributed by atoms with van der Waals surface area (Å²) in [6, 6.07) is 13.3. The lowest BCUT2D eigenvalue weighted by atomic mass is 9.84. The summed E-state index contributed by atoms with van der Waals surface area (Å²) >= 11 is 14.1. The molecular formula is C46H48BrN3O3S6. The number of aldehydes is 1. The SMILES string of the molecule is CC1(C)c2ccsc2-c2sc(Br)cc21.CN(C)c1cc2c(s1)-c1sc(C=O)cc1C2(C)C.[C-]#[N+]/C(=C\c1cc2c(s1)-c1sc(N(C)C)cc1C2(C)C)C(=O)OC(C)(C)C. The van der Waals surface area contributed by atoms with Crippen molar-refractivity contribution < 1.29 is 14.3 Å². The minimum absolute atomic E-state index is 0.0167. The quantitative estimate of drug-likeness (QED) is 0.0746. The van der Waals surface area contributed by atoms with Crippen LogP contribution in [-0.4, -0.2) is 46.0 Å². The van der Waals surface area contributed by atoms with Crippen molar-refractivity contribution in [3.8, 4) is 29.3 Å². The van der Waals surface area contributed by atoms with Crippen LogP contribution in [0.2, 0.25) is 0 Å². The van der Waals surface area contributed by atoms with E-state index in [9.17, 15) is 9.59 Å². The molecule has 6 aromatic heterocycles. The van der Waals surface area contributed by atoms with E-state index in [0.29, 0.717) is 0 Å². The number of ether oxygens (including phenoxy) is 1. The number of esters is 1. The minimum atomic E-state index is -0.617. The van der Waals surface area contributed by atoms with Crippen molar-refractivity contribution in [2.45, 2.75) is 84.2 Å². The van der Waals surface area contributed by atoms with Gasteiger partial charge in [0.15, 0.2) is 6.29 Å². The number of halogens is 1. The fraction of sp³-hybridized carbons (Fsp3) is 0.370. The third kappa shape index (κ3) is 7.77. The molecule has 308 valence electrons. The number of rotatable bonds is 5. The second-order valence-corrected chi connectivity index (χ2v) is 25.4. The van der Waals surface area contributed by atoms with E-state index >= 15 is 0 Å². The Morgan fingerprint density at radius 2 is 1.12 bits per heavy atom. The lowest BCUT2D eigenvalue weighted by molar-refractivity contribution is -0.149. The molecule has 0 fully saturated rings. The van der Waals surface area contributed by atoms with Crippen molar-refractivity contribution in [3.05, 3.63) is 106 Å². The van der Waals surface area contributed by atoms with Crippen molar-refractivity contribution in [3.63, 3.8) is 0 Å². The predicted octanol–water partition coefficient (Wildman–Crippen LogP) is 14.7. The maximum absolute atomic E-state index is 12.3. The van der Waals surface area contributed by atoms with E-state index in [4.69, 9.17) is 11.3 Å². The maximum atomic E-state index is 12.3. The minimum Gasteiger partial charge on any atom is -0.465 e.